The van der Waals surface area contributed by atoms with Gasteiger partial charge in [-0.05, 0) is 54.2 Å². The molecule has 6 heteroatoms. The Labute approximate surface area is 196 Å². The number of nitro groups is 1. The molecule has 1 aliphatic carbocycles. The van der Waals surface area contributed by atoms with E-state index in [-0.39, 0.29) is 28.5 Å². The van der Waals surface area contributed by atoms with E-state index in [1.54, 1.807) is 12.1 Å². The van der Waals surface area contributed by atoms with Gasteiger partial charge in [-0.2, -0.15) is 0 Å². The van der Waals surface area contributed by atoms with Gasteiger partial charge in [0.1, 0.15) is 0 Å². The van der Waals surface area contributed by atoms with Gasteiger partial charge in [0, 0.05) is 45.0 Å². The minimum absolute atomic E-state index is 0.0712. The van der Waals surface area contributed by atoms with Crippen LogP contribution in [0.2, 0.25) is 5.02 Å². The Hall–Kier alpha value is -2.76. The maximum absolute atomic E-state index is 11.4. The summed E-state index contributed by atoms with van der Waals surface area (Å²) in [5.41, 5.74) is 5.81. The van der Waals surface area contributed by atoms with Gasteiger partial charge in [-0.15, -0.1) is 11.8 Å². The molecule has 0 saturated carbocycles. The first-order valence-corrected chi connectivity index (χ1v) is 12.1. The number of rotatable bonds is 5. The highest BCUT2D eigenvalue weighted by molar-refractivity contribution is 7.98. The van der Waals surface area contributed by atoms with Crippen LogP contribution in [0.25, 0.3) is 0 Å². The fraction of sp³-hybridized carbons (Fsp3) is 0.231. The van der Waals surface area contributed by atoms with Crippen molar-refractivity contribution >= 4 is 34.7 Å². The van der Waals surface area contributed by atoms with Crippen LogP contribution in [-0.2, 0) is 5.75 Å². The number of anilines is 1. The molecule has 0 aromatic heterocycles. The van der Waals surface area contributed by atoms with E-state index in [9.17, 15) is 10.1 Å². The third-order valence-electron chi connectivity index (χ3n) is 6.40. The summed E-state index contributed by atoms with van der Waals surface area (Å²) in [5.74, 6) is 1.46. The van der Waals surface area contributed by atoms with E-state index in [4.69, 9.17) is 11.6 Å². The fourth-order valence-electron chi connectivity index (χ4n) is 4.92. The van der Waals surface area contributed by atoms with E-state index >= 15 is 0 Å². The van der Waals surface area contributed by atoms with E-state index in [1.165, 1.54) is 27.7 Å². The number of fused-ring (bicyclic) bond motifs is 3. The highest BCUT2D eigenvalue weighted by Gasteiger charge is 2.39. The molecule has 2 aliphatic rings. The molecule has 0 radical (unpaired) electrons. The lowest BCUT2D eigenvalue weighted by atomic mass is 9.76. The molecule has 0 fully saturated rings. The van der Waals surface area contributed by atoms with Crippen LogP contribution in [0.4, 0.5) is 11.4 Å². The Morgan fingerprint density at radius 3 is 2.72 bits per heavy atom. The quantitative estimate of drug-likeness (QED) is 0.183. The molecule has 3 aromatic rings. The maximum Gasteiger partial charge on any atom is 0.269 e. The number of allylic oxidation sites excluding steroid dienone is 2. The number of thioether (sulfide) groups is 1. The van der Waals surface area contributed by atoms with Gasteiger partial charge in [0.25, 0.3) is 5.69 Å². The van der Waals surface area contributed by atoms with Crippen LogP contribution in [0.5, 0.6) is 0 Å². The van der Waals surface area contributed by atoms with Crippen LogP contribution in [0.1, 0.15) is 40.6 Å². The molecular formula is C26H23ClN2O2S. The van der Waals surface area contributed by atoms with Gasteiger partial charge in [-0.1, -0.05) is 54.1 Å². The Balaban J connectivity index is 1.49. The third kappa shape index (κ3) is 3.91. The second-order valence-electron chi connectivity index (χ2n) is 8.42. The van der Waals surface area contributed by atoms with Crippen molar-refractivity contribution in [2.24, 2.45) is 5.92 Å². The number of hydrogen-bond donors (Lipinski definition) is 1. The molecule has 32 heavy (non-hydrogen) atoms. The predicted octanol–water partition coefficient (Wildman–Crippen LogP) is 7.68. The lowest BCUT2D eigenvalue weighted by molar-refractivity contribution is -0.384. The zero-order valence-electron chi connectivity index (χ0n) is 17.6. The smallest absolute Gasteiger partial charge is 0.269 e. The summed E-state index contributed by atoms with van der Waals surface area (Å²) < 4.78 is 0. The average Bonchev–Trinajstić information content (AvgIpc) is 3.29. The second-order valence-corrected chi connectivity index (χ2v) is 9.87. The van der Waals surface area contributed by atoms with E-state index in [2.05, 4.69) is 60.8 Å². The lowest BCUT2D eigenvalue weighted by Crippen LogP contribution is -2.30. The van der Waals surface area contributed by atoms with Gasteiger partial charge < -0.3 is 5.32 Å². The van der Waals surface area contributed by atoms with Crippen molar-refractivity contribution in [3.8, 4) is 0 Å². The Bertz CT molecular complexity index is 1210. The van der Waals surface area contributed by atoms with E-state index in [0.29, 0.717) is 5.02 Å². The molecule has 1 heterocycles. The molecule has 162 valence electrons. The molecule has 0 saturated heterocycles. The number of hydrogen-bond acceptors (Lipinski definition) is 4. The summed E-state index contributed by atoms with van der Waals surface area (Å²) in [6, 6.07) is 19.7. The lowest BCUT2D eigenvalue weighted by Gasteiger charge is -2.39. The highest BCUT2D eigenvalue weighted by Crippen LogP contribution is 2.52. The van der Waals surface area contributed by atoms with Gasteiger partial charge in [-0.3, -0.25) is 10.1 Å². The molecule has 0 bridgehead atoms. The standard InChI is InChI=1S/C26H23ClN2O2S/c1-16-12-17(15-32-19-6-3-2-4-7-19)13-22-20-8-5-9-21(20)26(28-25(16)22)23-14-18(29(30)31)10-11-24(23)27/h2-8,10-14,20-21,26,28H,9,15H2,1H3/t20-,21+,26+/m1/s1. The summed E-state index contributed by atoms with van der Waals surface area (Å²) in [5, 5.41) is 15.6. The van der Waals surface area contributed by atoms with Crippen molar-refractivity contribution in [2.75, 3.05) is 5.32 Å². The van der Waals surface area contributed by atoms with Crippen molar-refractivity contribution in [3.63, 3.8) is 0 Å². The number of nitrogens with zero attached hydrogens (tertiary/aromatic N) is 1. The van der Waals surface area contributed by atoms with Crippen LogP contribution in [-0.4, -0.2) is 4.92 Å². The molecule has 1 N–H and O–H groups in total. The van der Waals surface area contributed by atoms with Crippen molar-refractivity contribution in [1.82, 2.24) is 0 Å². The normalized spacial score (nSPS) is 21.0. The number of aryl methyl sites for hydroxylation is 1. The SMILES string of the molecule is Cc1cc(CSc2ccccc2)cc2c1N[C@H](c1cc([N+](=O)[O-])ccc1Cl)[C@H]1CC=C[C@@H]21. The summed E-state index contributed by atoms with van der Waals surface area (Å²) in [7, 11) is 0. The van der Waals surface area contributed by atoms with Gasteiger partial charge in [0.05, 0.1) is 11.0 Å². The summed E-state index contributed by atoms with van der Waals surface area (Å²) >= 11 is 8.37. The highest BCUT2D eigenvalue weighted by atomic mass is 35.5. The number of halogens is 1. The molecule has 3 aromatic carbocycles. The average molecular weight is 463 g/mol. The second kappa shape index (κ2) is 8.64. The molecule has 0 amide bonds. The molecular weight excluding hydrogens is 440 g/mol. The Morgan fingerprint density at radius 1 is 1.12 bits per heavy atom. The van der Waals surface area contributed by atoms with Crippen LogP contribution in [0, 0.1) is 23.0 Å². The molecule has 3 atom stereocenters. The zero-order chi connectivity index (χ0) is 22.2. The van der Waals surface area contributed by atoms with Crippen LogP contribution >= 0.6 is 23.4 Å². The van der Waals surface area contributed by atoms with Gasteiger partial charge in [0.15, 0.2) is 0 Å². The van der Waals surface area contributed by atoms with Gasteiger partial charge >= 0.3 is 0 Å². The molecule has 4 nitrogen and oxygen atoms in total. The van der Waals surface area contributed by atoms with Crippen LogP contribution in [0.3, 0.4) is 0 Å². The fourth-order valence-corrected chi connectivity index (χ4v) is 6.01. The topological polar surface area (TPSA) is 55.2 Å². The summed E-state index contributed by atoms with van der Waals surface area (Å²) in [6.45, 7) is 2.13. The first-order chi connectivity index (χ1) is 15.5. The van der Waals surface area contributed by atoms with Gasteiger partial charge in [-0.25, -0.2) is 0 Å². The molecule has 0 unspecified atom stereocenters. The first-order valence-electron chi connectivity index (χ1n) is 10.7. The minimum atomic E-state index is -0.358. The molecule has 5 rings (SSSR count). The number of non-ortho nitro benzene ring substituents is 1. The van der Waals surface area contributed by atoms with E-state index in [0.717, 1.165) is 23.4 Å². The van der Waals surface area contributed by atoms with Crippen LogP contribution < -0.4 is 5.32 Å². The minimum Gasteiger partial charge on any atom is -0.377 e. The number of nitro benzene ring substituents is 1. The van der Waals surface area contributed by atoms with Crippen molar-refractivity contribution in [2.45, 2.75) is 36.0 Å². The van der Waals surface area contributed by atoms with Crippen LogP contribution in [0.15, 0.2) is 77.7 Å². The maximum atomic E-state index is 11.4. The summed E-state index contributed by atoms with van der Waals surface area (Å²) in [6.07, 6.45) is 5.43. The number of nitrogens with one attached hydrogen (secondary N) is 1. The first kappa shape index (κ1) is 21.1. The number of benzene rings is 3. The van der Waals surface area contributed by atoms with Crippen molar-refractivity contribution < 1.29 is 4.92 Å². The van der Waals surface area contributed by atoms with E-state index in [1.807, 2.05) is 17.8 Å². The van der Waals surface area contributed by atoms with Gasteiger partial charge in [0.2, 0.25) is 0 Å². The monoisotopic (exact) mass is 462 g/mol. The van der Waals surface area contributed by atoms with Crippen molar-refractivity contribution in [1.29, 1.82) is 0 Å². The molecule has 0 spiro atoms. The predicted molar refractivity (Wildman–Crippen MR) is 132 cm³/mol. The zero-order valence-corrected chi connectivity index (χ0v) is 19.2. The Kier molecular flexibility index (Phi) is 5.70. The molecule has 1 aliphatic heterocycles. The third-order valence-corrected chi connectivity index (χ3v) is 7.83. The summed E-state index contributed by atoms with van der Waals surface area (Å²) in [4.78, 5) is 12.3. The largest absolute Gasteiger partial charge is 0.377 e. The Morgan fingerprint density at radius 2 is 1.94 bits per heavy atom. The van der Waals surface area contributed by atoms with E-state index < -0.39 is 0 Å². The van der Waals surface area contributed by atoms with Crippen molar-refractivity contribution in [3.05, 3.63) is 110 Å².